The zero-order valence-corrected chi connectivity index (χ0v) is 8.39. The number of rotatable bonds is 6. The molecule has 0 saturated carbocycles. The first-order valence-corrected chi connectivity index (χ1v) is 4.70. The van der Waals surface area contributed by atoms with Crippen molar-refractivity contribution in [3.05, 3.63) is 0 Å². The van der Waals surface area contributed by atoms with Gasteiger partial charge in [-0.1, -0.05) is 15.9 Å². The van der Waals surface area contributed by atoms with Crippen LogP contribution in [0.5, 0.6) is 0 Å². The van der Waals surface area contributed by atoms with Crippen LogP contribution < -0.4 is 0 Å². The standard InChI is InChI=1S/C7H13BrO3/c1-3-10-7(11-4-2)6(9)5-8/h7H,3-5H2,1-2H3. The Morgan fingerprint density at radius 1 is 1.36 bits per heavy atom. The fraction of sp³-hybridized carbons (Fsp3) is 0.857. The maximum Gasteiger partial charge on any atom is 0.218 e. The number of carbonyl (C=O) groups is 1. The molecule has 0 bridgehead atoms. The van der Waals surface area contributed by atoms with Crippen LogP contribution in [0.2, 0.25) is 0 Å². The van der Waals surface area contributed by atoms with Crippen molar-refractivity contribution in [2.24, 2.45) is 0 Å². The Morgan fingerprint density at radius 3 is 2.09 bits per heavy atom. The smallest absolute Gasteiger partial charge is 0.218 e. The molecule has 0 saturated heterocycles. The van der Waals surface area contributed by atoms with Gasteiger partial charge in [-0.25, -0.2) is 0 Å². The summed E-state index contributed by atoms with van der Waals surface area (Å²) in [6, 6.07) is 0. The van der Waals surface area contributed by atoms with E-state index in [1.165, 1.54) is 0 Å². The van der Waals surface area contributed by atoms with Crippen molar-refractivity contribution in [2.45, 2.75) is 20.1 Å². The van der Waals surface area contributed by atoms with Crippen LogP contribution in [-0.2, 0) is 14.3 Å². The van der Waals surface area contributed by atoms with Crippen LogP contribution in [0.15, 0.2) is 0 Å². The Morgan fingerprint density at radius 2 is 1.82 bits per heavy atom. The maximum atomic E-state index is 11.0. The molecule has 3 nitrogen and oxygen atoms in total. The van der Waals surface area contributed by atoms with Gasteiger partial charge in [0.1, 0.15) is 0 Å². The maximum absolute atomic E-state index is 11.0. The molecule has 0 heterocycles. The molecule has 0 aromatic heterocycles. The van der Waals surface area contributed by atoms with Gasteiger partial charge in [0.25, 0.3) is 0 Å². The summed E-state index contributed by atoms with van der Waals surface area (Å²) in [6.45, 7) is 4.63. The predicted molar refractivity (Wildman–Crippen MR) is 45.8 cm³/mol. The topological polar surface area (TPSA) is 35.5 Å². The number of hydrogen-bond donors (Lipinski definition) is 0. The fourth-order valence-electron chi connectivity index (χ4n) is 0.600. The third-order valence-corrected chi connectivity index (χ3v) is 1.58. The summed E-state index contributed by atoms with van der Waals surface area (Å²) < 4.78 is 10.1. The van der Waals surface area contributed by atoms with E-state index >= 15 is 0 Å². The molecule has 0 aliphatic rings. The van der Waals surface area contributed by atoms with Gasteiger partial charge in [-0.05, 0) is 13.8 Å². The third kappa shape index (κ3) is 4.50. The average molecular weight is 225 g/mol. The van der Waals surface area contributed by atoms with Crippen LogP contribution in [0.25, 0.3) is 0 Å². The summed E-state index contributed by atoms with van der Waals surface area (Å²) in [5.41, 5.74) is 0. The van der Waals surface area contributed by atoms with Crippen molar-refractivity contribution < 1.29 is 14.3 Å². The van der Waals surface area contributed by atoms with Gasteiger partial charge in [-0.3, -0.25) is 4.79 Å². The highest BCUT2D eigenvalue weighted by Gasteiger charge is 2.16. The molecule has 0 aliphatic heterocycles. The van der Waals surface area contributed by atoms with E-state index in [4.69, 9.17) is 9.47 Å². The van der Waals surface area contributed by atoms with Gasteiger partial charge in [0.05, 0.1) is 5.33 Å². The minimum absolute atomic E-state index is 0.0753. The van der Waals surface area contributed by atoms with E-state index in [9.17, 15) is 4.79 Å². The lowest BCUT2D eigenvalue weighted by Gasteiger charge is -2.13. The SMILES string of the molecule is CCOC(OCC)C(=O)CBr. The Labute approximate surface area is 75.2 Å². The number of ether oxygens (including phenoxy) is 2. The second-order valence-electron chi connectivity index (χ2n) is 1.84. The first-order valence-electron chi connectivity index (χ1n) is 3.58. The van der Waals surface area contributed by atoms with E-state index in [0.29, 0.717) is 13.2 Å². The summed E-state index contributed by atoms with van der Waals surface area (Å²) in [5, 5.41) is 0.275. The third-order valence-electron chi connectivity index (χ3n) is 1.03. The van der Waals surface area contributed by atoms with Gasteiger partial charge in [0.15, 0.2) is 5.78 Å². The molecule has 0 N–H and O–H groups in total. The highest BCUT2D eigenvalue weighted by molar-refractivity contribution is 9.09. The lowest BCUT2D eigenvalue weighted by molar-refractivity contribution is -0.165. The van der Waals surface area contributed by atoms with Crippen LogP contribution in [0, 0.1) is 0 Å². The van der Waals surface area contributed by atoms with Crippen LogP contribution in [0.1, 0.15) is 13.8 Å². The van der Waals surface area contributed by atoms with Gasteiger partial charge in [-0.15, -0.1) is 0 Å². The van der Waals surface area contributed by atoms with Gasteiger partial charge in [0.2, 0.25) is 6.29 Å². The average Bonchev–Trinajstić information content (AvgIpc) is 2.03. The van der Waals surface area contributed by atoms with Crippen LogP contribution in [0.3, 0.4) is 0 Å². The highest BCUT2D eigenvalue weighted by atomic mass is 79.9. The molecule has 0 spiro atoms. The summed E-state index contributed by atoms with van der Waals surface area (Å²) in [5.74, 6) is -0.0753. The normalized spacial score (nSPS) is 10.5. The number of hydrogen-bond acceptors (Lipinski definition) is 3. The van der Waals surface area contributed by atoms with Crippen molar-refractivity contribution in [1.29, 1.82) is 0 Å². The largest absolute Gasteiger partial charge is 0.346 e. The zero-order valence-electron chi connectivity index (χ0n) is 6.80. The summed E-state index contributed by atoms with van der Waals surface area (Å²) in [6.07, 6.45) is -0.690. The summed E-state index contributed by atoms with van der Waals surface area (Å²) >= 11 is 3.05. The van der Waals surface area contributed by atoms with Crippen molar-refractivity contribution in [3.8, 4) is 0 Å². The van der Waals surface area contributed by atoms with E-state index in [1.54, 1.807) is 0 Å². The molecular weight excluding hydrogens is 212 g/mol. The minimum atomic E-state index is -0.690. The van der Waals surface area contributed by atoms with Crippen LogP contribution in [-0.4, -0.2) is 30.6 Å². The Kier molecular flexibility index (Phi) is 6.80. The monoisotopic (exact) mass is 224 g/mol. The molecule has 0 atom stereocenters. The lowest BCUT2D eigenvalue weighted by atomic mass is 10.4. The molecule has 0 aliphatic carbocycles. The lowest BCUT2D eigenvalue weighted by Crippen LogP contribution is -2.28. The molecule has 66 valence electrons. The van der Waals surface area contributed by atoms with E-state index in [-0.39, 0.29) is 11.1 Å². The summed E-state index contributed by atoms with van der Waals surface area (Å²) in [4.78, 5) is 11.0. The quantitative estimate of drug-likeness (QED) is 0.505. The predicted octanol–water partition coefficient (Wildman–Crippen LogP) is 1.35. The Hall–Kier alpha value is 0.0700. The number of Topliss-reactive ketones (excluding diaryl/α,β-unsaturated/α-hetero) is 1. The van der Waals surface area contributed by atoms with Crippen molar-refractivity contribution in [3.63, 3.8) is 0 Å². The van der Waals surface area contributed by atoms with E-state index < -0.39 is 6.29 Å². The number of alkyl halides is 1. The van der Waals surface area contributed by atoms with Crippen LogP contribution in [0.4, 0.5) is 0 Å². The van der Waals surface area contributed by atoms with E-state index in [2.05, 4.69) is 15.9 Å². The molecular formula is C7H13BrO3. The first-order chi connectivity index (χ1) is 5.26. The van der Waals surface area contributed by atoms with E-state index in [1.807, 2.05) is 13.8 Å². The molecule has 4 heteroatoms. The fourth-order valence-corrected chi connectivity index (χ4v) is 0.864. The molecule has 0 aromatic rings. The van der Waals surface area contributed by atoms with Crippen molar-refractivity contribution in [1.82, 2.24) is 0 Å². The molecule has 0 radical (unpaired) electrons. The second-order valence-corrected chi connectivity index (χ2v) is 2.40. The van der Waals surface area contributed by atoms with Crippen molar-refractivity contribution in [2.75, 3.05) is 18.5 Å². The molecule has 0 fully saturated rings. The van der Waals surface area contributed by atoms with Gasteiger partial charge in [-0.2, -0.15) is 0 Å². The van der Waals surface area contributed by atoms with Crippen molar-refractivity contribution >= 4 is 21.7 Å². The second kappa shape index (κ2) is 6.76. The summed E-state index contributed by atoms with van der Waals surface area (Å²) in [7, 11) is 0. The van der Waals surface area contributed by atoms with E-state index in [0.717, 1.165) is 0 Å². The number of carbonyl (C=O) groups excluding carboxylic acids is 1. The molecule has 0 aromatic carbocycles. The minimum Gasteiger partial charge on any atom is -0.346 e. The molecule has 0 rings (SSSR count). The first kappa shape index (κ1) is 11.1. The molecule has 11 heavy (non-hydrogen) atoms. The number of halogens is 1. The molecule has 0 unspecified atom stereocenters. The zero-order chi connectivity index (χ0) is 8.69. The Bertz CT molecular complexity index is 110. The van der Waals surface area contributed by atoms with Gasteiger partial charge >= 0.3 is 0 Å². The Balaban J connectivity index is 3.76. The molecule has 0 amide bonds. The van der Waals surface area contributed by atoms with Crippen LogP contribution >= 0.6 is 15.9 Å². The number of ketones is 1. The highest BCUT2D eigenvalue weighted by Crippen LogP contribution is 1.99. The van der Waals surface area contributed by atoms with Gasteiger partial charge in [0, 0.05) is 13.2 Å². The van der Waals surface area contributed by atoms with Gasteiger partial charge < -0.3 is 9.47 Å².